The molecule has 1 aromatic rings. The monoisotopic (exact) mass is 210 g/mol. The van der Waals surface area contributed by atoms with Crippen LogP contribution in [0.2, 0.25) is 0 Å². The maximum atomic E-state index is 5.94. The molecule has 3 heteroatoms. The van der Waals surface area contributed by atoms with E-state index in [0.29, 0.717) is 5.38 Å². The van der Waals surface area contributed by atoms with Crippen molar-refractivity contribution in [3.63, 3.8) is 0 Å². The highest BCUT2D eigenvalue weighted by Crippen LogP contribution is 2.32. The number of aromatic nitrogens is 1. The number of hydrogen-bond donors (Lipinski definition) is 0. The average Bonchev–Trinajstić information content (AvgIpc) is 2.17. The van der Waals surface area contributed by atoms with Gasteiger partial charge in [0.15, 0.2) is 0 Å². The van der Waals surface area contributed by atoms with E-state index < -0.39 is 0 Å². The zero-order chi connectivity index (χ0) is 9.97. The third-order valence-corrected chi connectivity index (χ3v) is 3.17. The summed E-state index contributed by atoms with van der Waals surface area (Å²) in [6.07, 6.45) is 5.99. The molecule has 0 bridgehead atoms. The fourth-order valence-corrected chi connectivity index (χ4v) is 2.40. The van der Waals surface area contributed by atoms with Crippen molar-refractivity contribution in [3.05, 3.63) is 24.5 Å². The Morgan fingerprint density at radius 2 is 2.07 bits per heavy atom. The summed E-state index contributed by atoms with van der Waals surface area (Å²) >= 11 is 5.94. The zero-order valence-corrected chi connectivity index (χ0v) is 9.11. The van der Waals surface area contributed by atoms with Crippen molar-refractivity contribution >= 4 is 17.3 Å². The third-order valence-electron chi connectivity index (χ3n) is 2.81. The quantitative estimate of drug-likeness (QED) is 0.713. The summed E-state index contributed by atoms with van der Waals surface area (Å²) < 4.78 is 0. The lowest BCUT2D eigenvalue weighted by Crippen LogP contribution is -2.34. The predicted molar refractivity (Wildman–Crippen MR) is 59.9 cm³/mol. The molecule has 1 aliphatic carbocycles. The molecule has 0 amide bonds. The summed E-state index contributed by atoms with van der Waals surface area (Å²) in [6, 6.07) is 4.08. The van der Waals surface area contributed by atoms with Crippen LogP contribution in [0, 0.1) is 5.92 Å². The lowest BCUT2D eigenvalue weighted by Gasteiger charge is -2.34. The number of pyridine rings is 1. The largest absolute Gasteiger partial charge is 0.374 e. The van der Waals surface area contributed by atoms with Gasteiger partial charge in [-0.05, 0) is 30.9 Å². The van der Waals surface area contributed by atoms with Crippen LogP contribution in [0.3, 0.4) is 0 Å². The van der Waals surface area contributed by atoms with Gasteiger partial charge in [0.25, 0.3) is 0 Å². The minimum atomic E-state index is 0.422. The Hall–Kier alpha value is -0.760. The van der Waals surface area contributed by atoms with Gasteiger partial charge in [-0.15, -0.1) is 11.6 Å². The lowest BCUT2D eigenvalue weighted by atomic mass is 9.84. The van der Waals surface area contributed by atoms with Gasteiger partial charge < -0.3 is 4.90 Å². The minimum absolute atomic E-state index is 0.422. The Labute approximate surface area is 89.9 Å². The summed E-state index contributed by atoms with van der Waals surface area (Å²) in [4.78, 5) is 6.28. The first-order valence-electron chi connectivity index (χ1n) is 5.01. The first-order chi connectivity index (χ1) is 6.75. The lowest BCUT2D eigenvalue weighted by molar-refractivity contribution is 0.329. The molecule has 1 heterocycles. The van der Waals surface area contributed by atoms with Crippen LogP contribution in [0.25, 0.3) is 0 Å². The van der Waals surface area contributed by atoms with E-state index in [0.717, 1.165) is 25.3 Å². The highest BCUT2D eigenvalue weighted by molar-refractivity contribution is 6.21. The molecule has 1 aromatic heterocycles. The Balaban J connectivity index is 1.87. The van der Waals surface area contributed by atoms with Crippen molar-refractivity contribution in [2.75, 3.05) is 18.5 Å². The summed E-state index contributed by atoms with van der Waals surface area (Å²) in [7, 11) is 2.12. The molecule has 0 radical (unpaired) electrons. The molecule has 0 aromatic carbocycles. The SMILES string of the molecule is CN(CC1CC(Cl)C1)c1ccncc1. The Morgan fingerprint density at radius 1 is 1.43 bits per heavy atom. The van der Waals surface area contributed by atoms with E-state index in [1.54, 1.807) is 0 Å². The number of anilines is 1. The maximum absolute atomic E-state index is 5.94. The molecule has 0 aliphatic heterocycles. The number of nitrogens with zero attached hydrogens (tertiary/aromatic N) is 2. The van der Waals surface area contributed by atoms with Crippen LogP contribution in [0.1, 0.15) is 12.8 Å². The molecule has 14 heavy (non-hydrogen) atoms. The van der Waals surface area contributed by atoms with Gasteiger partial charge in [0.1, 0.15) is 0 Å². The third kappa shape index (κ3) is 2.18. The molecule has 76 valence electrons. The van der Waals surface area contributed by atoms with Crippen molar-refractivity contribution in [3.8, 4) is 0 Å². The molecule has 0 atom stereocenters. The Kier molecular flexibility index (Phi) is 2.92. The number of alkyl halides is 1. The van der Waals surface area contributed by atoms with Crippen LogP contribution in [0.4, 0.5) is 5.69 Å². The molecular weight excluding hydrogens is 196 g/mol. The van der Waals surface area contributed by atoms with E-state index in [2.05, 4.69) is 16.9 Å². The first kappa shape index (κ1) is 9.78. The smallest absolute Gasteiger partial charge is 0.0394 e. The molecule has 1 aliphatic rings. The maximum Gasteiger partial charge on any atom is 0.0394 e. The number of rotatable bonds is 3. The summed E-state index contributed by atoms with van der Waals surface area (Å²) in [6.45, 7) is 1.10. The van der Waals surface area contributed by atoms with E-state index >= 15 is 0 Å². The van der Waals surface area contributed by atoms with E-state index in [9.17, 15) is 0 Å². The van der Waals surface area contributed by atoms with Gasteiger partial charge in [-0.1, -0.05) is 0 Å². The standard InChI is InChI=1S/C11H15ClN2/c1-14(8-9-6-10(12)7-9)11-2-4-13-5-3-11/h2-5,9-10H,6-8H2,1H3. The molecule has 0 spiro atoms. The fourth-order valence-electron chi connectivity index (χ4n) is 1.89. The first-order valence-corrected chi connectivity index (χ1v) is 5.44. The highest BCUT2D eigenvalue weighted by Gasteiger charge is 2.27. The van der Waals surface area contributed by atoms with Gasteiger partial charge in [-0.2, -0.15) is 0 Å². The van der Waals surface area contributed by atoms with Crippen LogP contribution < -0.4 is 4.90 Å². The number of halogens is 1. The minimum Gasteiger partial charge on any atom is -0.374 e. The van der Waals surface area contributed by atoms with Gasteiger partial charge >= 0.3 is 0 Å². The van der Waals surface area contributed by atoms with E-state index in [-0.39, 0.29) is 0 Å². The average molecular weight is 211 g/mol. The second kappa shape index (κ2) is 4.18. The van der Waals surface area contributed by atoms with Gasteiger partial charge in [0, 0.05) is 37.1 Å². The van der Waals surface area contributed by atoms with Crippen LogP contribution in [0.15, 0.2) is 24.5 Å². The van der Waals surface area contributed by atoms with Crippen molar-refractivity contribution < 1.29 is 0 Å². The second-order valence-electron chi connectivity index (χ2n) is 4.02. The topological polar surface area (TPSA) is 16.1 Å². The predicted octanol–water partition coefficient (Wildman–Crippen LogP) is 2.54. The zero-order valence-electron chi connectivity index (χ0n) is 8.36. The van der Waals surface area contributed by atoms with Crippen molar-refractivity contribution in [1.82, 2.24) is 4.98 Å². The van der Waals surface area contributed by atoms with Crippen LogP contribution >= 0.6 is 11.6 Å². The molecular formula is C11H15ClN2. The Morgan fingerprint density at radius 3 is 2.64 bits per heavy atom. The molecule has 1 fully saturated rings. The number of hydrogen-bond acceptors (Lipinski definition) is 2. The van der Waals surface area contributed by atoms with Crippen LogP contribution in [-0.2, 0) is 0 Å². The van der Waals surface area contributed by atoms with E-state index in [1.165, 1.54) is 5.69 Å². The fraction of sp³-hybridized carbons (Fsp3) is 0.545. The molecule has 1 saturated carbocycles. The van der Waals surface area contributed by atoms with Gasteiger partial charge in [0.2, 0.25) is 0 Å². The van der Waals surface area contributed by atoms with Crippen molar-refractivity contribution in [1.29, 1.82) is 0 Å². The molecule has 0 unspecified atom stereocenters. The van der Waals surface area contributed by atoms with Crippen LogP contribution in [-0.4, -0.2) is 24.0 Å². The van der Waals surface area contributed by atoms with Gasteiger partial charge in [0.05, 0.1) is 0 Å². The summed E-state index contributed by atoms with van der Waals surface area (Å²) in [5, 5.41) is 0.422. The van der Waals surface area contributed by atoms with Gasteiger partial charge in [-0.3, -0.25) is 4.98 Å². The second-order valence-corrected chi connectivity index (χ2v) is 4.64. The van der Waals surface area contributed by atoms with Gasteiger partial charge in [-0.25, -0.2) is 0 Å². The normalized spacial score (nSPS) is 25.6. The molecule has 0 saturated heterocycles. The molecule has 2 rings (SSSR count). The van der Waals surface area contributed by atoms with E-state index in [4.69, 9.17) is 11.6 Å². The van der Waals surface area contributed by atoms with E-state index in [1.807, 2.05) is 24.5 Å². The summed E-state index contributed by atoms with van der Waals surface area (Å²) in [5.41, 5.74) is 1.23. The van der Waals surface area contributed by atoms with Crippen molar-refractivity contribution in [2.24, 2.45) is 5.92 Å². The Bertz CT molecular complexity index is 283. The molecule has 2 nitrogen and oxygen atoms in total. The van der Waals surface area contributed by atoms with Crippen LogP contribution in [0.5, 0.6) is 0 Å². The molecule has 0 N–H and O–H groups in total. The summed E-state index contributed by atoms with van der Waals surface area (Å²) in [5.74, 6) is 0.774. The highest BCUT2D eigenvalue weighted by atomic mass is 35.5. The van der Waals surface area contributed by atoms with Crippen molar-refractivity contribution in [2.45, 2.75) is 18.2 Å².